The number of nitrogens with zero attached hydrogens (tertiary/aromatic N) is 1. The standard InChI is InChI=1S/C17H17FN2O/c1-20(15-8-4-7-14(18)10-15)17(21)16-9-12-5-2-3-6-13(12)11-19-16/h2-8,10,16,19H,9,11H2,1H3/t16-/m1/s1. The van der Waals surface area contributed by atoms with E-state index in [4.69, 9.17) is 0 Å². The molecule has 4 heteroatoms. The van der Waals surface area contributed by atoms with E-state index in [0.29, 0.717) is 18.7 Å². The molecule has 108 valence electrons. The van der Waals surface area contributed by atoms with Crippen LogP contribution >= 0.6 is 0 Å². The van der Waals surface area contributed by atoms with E-state index in [1.807, 2.05) is 12.1 Å². The molecule has 21 heavy (non-hydrogen) atoms. The van der Waals surface area contributed by atoms with Crippen LogP contribution in [0.1, 0.15) is 11.1 Å². The Morgan fingerprint density at radius 1 is 1.19 bits per heavy atom. The summed E-state index contributed by atoms with van der Waals surface area (Å²) in [6.07, 6.45) is 0.661. The molecule has 0 saturated carbocycles. The molecule has 2 aromatic rings. The zero-order valence-corrected chi connectivity index (χ0v) is 11.8. The predicted octanol–water partition coefficient (Wildman–Crippen LogP) is 2.50. The van der Waals surface area contributed by atoms with Crippen LogP contribution in [0.5, 0.6) is 0 Å². The smallest absolute Gasteiger partial charge is 0.244 e. The summed E-state index contributed by atoms with van der Waals surface area (Å²) in [4.78, 5) is 14.1. The summed E-state index contributed by atoms with van der Waals surface area (Å²) in [6.45, 7) is 0.684. The van der Waals surface area contributed by atoms with Crippen molar-refractivity contribution in [1.82, 2.24) is 5.32 Å². The Bertz CT molecular complexity index is 671. The number of nitrogens with one attached hydrogen (secondary N) is 1. The van der Waals surface area contributed by atoms with Gasteiger partial charge in [-0.25, -0.2) is 4.39 Å². The zero-order valence-electron chi connectivity index (χ0n) is 11.8. The first-order valence-corrected chi connectivity index (χ1v) is 6.98. The van der Waals surface area contributed by atoms with Gasteiger partial charge < -0.3 is 10.2 Å². The first-order valence-electron chi connectivity index (χ1n) is 6.98. The third-order valence-electron chi connectivity index (χ3n) is 3.91. The van der Waals surface area contributed by atoms with E-state index in [0.717, 1.165) is 0 Å². The van der Waals surface area contributed by atoms with Crippen LogP contribution in [0.2, 0.25) is 0 Å². The molecule has 1 heterocycles. The van der Waals surface area contributed by atoms with E-state index in [2.05, 4.69) is 17.4 Å². The summed E-state index contributed by atoms with van der Waals surface area (Å²) >= 11 is 0. The molecule has 0 radical (unpaired) electrons. The third kappa shape index (κ3) is 2.81. The number of carbonyl (C=O) groups excluding carboxylic acids is 1. The summed E-state index contributed by atoms with van der Waals surface area (Å²) in [5, 5.41) is 3.26. The highest BCUT2D eigenvalue weighted by atomic mass is 19.1. The second-order valence-electron chi connectivity index (χ2n) is 5.28. The van der Waals surface area contributed by atoms with Crippen LogP contribution in [-0.2, 0) is 17.8 Å². The summed E-state index contributed by atoms with van der Waals surface area (Å²) < 4.78 is 13.3. The molecule has 0 fully saturated rings. The molecule has 3 nitrogen and oxygen atoms in total. The highest BCUT2D eigenvalue weighted by molar-refractivity contribution is 5.97. The molecule has 0 aliphatic carbocycles. The number of anilines is 1. The van der Waals surface area contributed by atoms with Gasteiger partial charge in [0.05, 0.1) is 6.04 Å². The van der Waals surface area contributed by atoms with Crippen molar-refractivity contribution >= 4 is 11.6 Å². The molecule has 1 aliphatic rings. The Morgan fingerprint density at radius 2 is 1.95 bits per heavy atom. The first-order chi connectivity index (χ1) is 10.1. The maximum atomic E-state index is 13.3. The number of fused-ring (bicyclic) bond motifs is 1. The van der Waals surface area contributed by atoms with Crippen molar-refractivity contribution in [3.05, 3.63) is 65.5 Å². The van der Waals surface area contributed by atoms with Crippen LogP contribution in [0.25, 0.3) is 0 Å². The number of hydrogen-bond donors (Lipinski definition) is 1. The van der Waals surface area contributed by atoms with E-state index in [1.54, 1.807) is 19.2 Å². The molecule has 0 unspecified atom stereocenters. The molecule has 0 bridgehead atoms. The van der Waals surface area contributed by atoms with Crippen LogP contribution < -0.4 is 10.2 Å². The Labute approximate surface area is 123 Å². The number of hydrogen-bond acceptors (Lipinski definition) is 2. The summed E-state index contributed by atoms with van der Waals surface area (Å²) in [6, 6.07) is 13.9. The largest absolute Gasteiger partial charge is 0.314 e. The molecule has 1 aliphatic heterocycles. The van der Waals surface area contributed by atoms with Gasteiger partial charge in [-0.1, -0.05) is 30.3 Å². The van der Waals surface area contributed by atoms with Crippen LogP contribution in [0.3, 0.4) is 0 Å². The normalized spacial score (nSPS) is 17.1. The number of halogens is 1. The van der Waals surface area contributed by atoms with Gasteiger partial charge in [-0.15, -0.1) is 0 Å². The maximum absolute atomic E-state index is 13.3. The van der Waals surface area contributed by atoms with Gasteiger partial charge in [0.25, 0.3) is 0 Å². The SMILES string of the molecule is CN(C(=O)[C@H]1Cc2ccccc2CN1)c1cccc(F)c1. The molecule has 1 N–H and O–H groups in total. The monoisotopic (exact) mass is 284 g/mol. The third-order valence-corrected chi connectivity index (χ3v) is 3.91. The highest BCUT2D eigenvalue weighted by Gasteiger charge is 2.26. The number of rotatable bonds is 2. The average molecular weight is 284 g/mol. The van der Waals surface area contributed by atoms with E-state index < -0.39 is 0 Å². The van der Waals surface area contributed by atoms with Crippen molar-refractivity contribution in [2.45, 2.75) is 19.0 Å². The fourth-order valence-corrected chi connectivity index (χ4v) is 2.67. The molecule has 1 atom stereocenters. The Hall–Kier alpha value is -2.20. The molecule has 0 aromatic heterocycles. The van der Waals surface area contributed by atoms with Gasteiger partial charge in [-0.05, 0) is 35.7 Å². The first kappa shape index (κ1) is 13.8. The number of amides is 1. The van der Waals surface area contributed by atoms with Crippen molar-refractivity contribution in [3.8, 4) is 0 Å². The molecular weight excluding hydrogens is 267 g/mol. The van der Waals surface area contributed by atoms with Crippen LogP contribution in [0, 0.1) is 5.82 Å². The molecule has 0 saturated heterocycles. The molecule has 0 spiro atoms. The highest BCUT2D eigenvalue weighted by Crippen LogP contribution is 2.20. The Balaban J connectivity index is 1.77. The topological polar surface area (TPSA) is 32.3 Å². The average Bonchev–Trinajstić information content (AvgIpc) is 2.53. The van der Waals surface area contributed by atoms with Crippen LogP contribution in [0.15, 0.2) is 48.5 Å². The van der Waals surface area contributed by atoms with Gasteiger partial charge in [0.2, 0.25) is 5.91 Å². The van der Waals surface area contributed by atoms with E-state index in [9.17, 15) is 9.18 Å². The molecule has 2 aromatic carbocycles. The van der Waals surface area contributed by atoms with Gasteiger partial charge in [-0.2, -0.15) is 0 Å². The van der Waals surface area contributed by atoms with Crippen LogP contribution in [-0.4, -0.2) is 19.0 Å². The molecule has 1 amide bonds. The fraction of sp³-hybridized carbons (Fsp3) is 0.235. The van der Waals surface area contributed by atoms with E-state index in [-0.39, 0.29) is 17.8 Å². The molecule has 3 rings (SSSR count). The van der Waals surface area contributed by atoms with Gasteiger partial charge in [0.15, 0.2) is 0 Å². The van der Waals surface area contributed by atoms with Crippen LogP contribution in [0.4, 0.5) is 10.1 Å². The zero-order chi connectivity index (χ0) is 14.8. The maximum Gasteiger partial charge on any atom is 0.244 e. The lowest BCUT2D eigenvalue weighted by Crippen LogP contribution is -2.48. The fourth-order valence-electron chi connectivity index (χ4n) is 2.67. The summed E-state index contributed by atoms with van der Waals surface area (Å²) in [5.74, 6) is -0.385. The Morgan fingerprint density at radius 3 is 2.71 bits per heavy atom. The second kappa shape index (κ2) is 5.66. The van der Waals surface area contributed by atoms with Crippen molar-refractivity contribution < 1.29 is 9.18 Å². The predicted molar refractivity (Wildman–Crippen MR) is 80.6 cm³/mol. The van der Waals surface area contributed by atoms with Crippen molar-refractivity contribution in [1.29, 1.82) is 0 Å². The number of likely N-dealkylation sites (N-methyl/N-ethyl adjacent to an activating group) is 1. The van der Waals surface area contributed by atoms with E-state index >= 15 is 0 Å². The van der Waals surface area contributed by atoms with Gasteiger partial charge in [0.1, 0.15) is 5.82 Å². The second-order valence-corrected chi connectivity index (χ2v) is 5.28. The lowest BCUT2D eigenvalue weighted by Gasteiger charge is -2.29. The Kier molecular flexibility index (Phi) is 3.71. The van der Waals surface area contributed by atoms with Crippen molar-refractivity contribution in [3.63, 3.8) is 0 Å². The van der Waals surface area contributed by atoms with Gasteiger partial charge >= 0.3 is 0 Å². The van der Waals surface area contributed by atoms with Crippen molar-refractivity contribution in [2.75, 3.05) is 11.9 Å². The van der Waals surface area contributed by atoms with Gasteiger partial charge in [-0.3, -0.25) is 4.79 Å². The minimum Gasteiger partial charge on any atom is -0.314 e. The summed E-state index contributed by atoms with van der Waals surface area (Å²) in [7, 11) is 1.68. The van der Waals surface area contributed by atoms with Crippen molar-refractivity contribution in [2.24, 2.45) is 0 Å². The number of carbonyl (C=O) groups is 1. The minimum atomic E-state index is -0.339. The van der Waals surface area contributed by atoms with Gasteiger partial charge in [0, 0.05) is 19.3 Å². The lowest BCUT2D eigenvalue weighted by atomic mass is 9.95. The minimum absolute atomic E-state index is 0.0462. The lowest BCUT2D eigenvalue weighted by molar-refractivity contribution is -0.120. The quantitative estimate of drug-likeness (QED) is 0.919. The number of benzene rings is 2. The summed E-state index contributed by atoms with van der Waals surface area (Å²) in [5.41, 5.74) is 3.00. The van der Waals surface area contributed by atoms with E-state index in [1.165, 1.54) is 28.2 Å². The molecular formula is C17H17FN2O.